The van der Waals surface area contributed by atoms with Gasteiger partial charge in [-0.15, -0.1) is 0 Å². The Bertz CT molecular complexity index is 1010. The average Bonchev–Trinajstić information content (AvgIpc) is 3.06. The number of carbonyl (C=O) groups excluding carboxylic acids is 1. The van der Waals surface area contributed by atoms with Gasteiger partial charge in [0.05, 0.1) is 18.5 Å². The zero-order valence-electron chi connectivity index (χ0n) is 14.9. The third kappa shape index (κ3) is 3.76. The molecule has 1 aliphatic rings. The third-order valence-electron chi connectivity index (χ3n) is 4.34. The zero-order valence-corrected chi connectivity index (χ0v) is 14.9. The van der Waals surface area contributed by atoms with Crippen LogP contribution in [0.3, 0.4) is 0 Å². The van der Waals surface area contributed by atoms with Crippen molar-refractivity contribution in [3.8, 4) is 5.75 Å². The molecule has 0 fully saturated rings. The van der Waals surface area contributed by atoms with Gasteiger partial charge in [-0.05, 0) is 18.2 Å². The molecule has 0 saturated heterocycles. The highest BCUT2D eigenvalue weighted by atomic mass is 19.4. The van der Waals surface area contributed by atoms with E-state index in [2.05, 4.69) is 5.10 Å². The number of nitro benzene ring substituents is 1. The van der Waals surface area contributed by atoms with Gasteiger partial charge in [0.25, 0.3) is 11.6 Å². The maximum atomic E-state index is 13.3. The van der Waals surface area contributed by atoms with E-state index in [9.17, 15) is 33.2 Å². The molecule has 0 bridgehead atoms. The first-order valence-corrected chi connectivity index (χ1v) is 8.17. The normalized spacial score (nSPS) is 19.1. The summed E-state index contributed by atoms with van der Waals surface area (Å²) in [5.41, 5.74) is -4.75. The highest BCUT2D eigenvalue weighted by molar-refractivity contribution is 6.00. The number of non-ortho nitro benzene ring substituents is 1. The molecule has 0 aromatic heterocycles. The number of amides is 1. The van der Waals surface area contributed by atoms with Gasteiger partial charge in [-0.1, -0.05) is 18.2 Å². The average molecular weight is 409 g/mol. The Morgan fingerprint density at radius 1 is 1.28 bits per heavy atom. The molecule has 11 heteroatoms. The van der Waals surface area contributed by atoms with Crippen LogP contribution in [-0.4, -0.2) is 39.9 Å². The number of hydrogen-bond donors (Lipinski definition) is 1. The molecule has 0 saturated carbocycles. The van der Waals surface area contributed by atoms with Crippen molar-refractivity contribution in [2.24, 2.45) is 5.10 Å². The molecule has 152 valence electrons. The summed E-state index contributed by atoms with van der Waals surface area (Å²) in [6, 6.07) is 9.97. The molecule has 3 rings (SSSR count). The van der Waals surface area contributed by atoms with Gasteiger partial charge in [-0.25, -0.2) is 0 Å². The number of rotatable bonds is 4. The molecular weight excluding hydrogens is 395 g/mol. The van der Waals surface area contributed by atoms with Crippen molar-refractivity contribution >= 4 is 17.3 Å². The van der Waals surface area contributed by atoms with Crippen molar-refractivity contribution in [2.75, 3.05) is 7.11 Å². The number of alkyl halides is 3. The van der Waals surface area contributed by atoms with Crippen LogP contribution >= 0.6 is 0 Å². The number of nitro groups is 1. The molecule has 1 atom stereocenters. The Hall–Kier alpha value is -3.47. The predicted octanol–water partition coefficient (Wildman–Crippen LogP) is 3.21. The topological polar surface area (TPSA) is 105 Å². The number of halogens is 3. The van der Waals surface area contributed by atoms with Crippen LogP contribution in [-0.2, 0) is 5.72 Å². The third-order valence-corrected chi connectivity index (χ3v) is 4.34. The van der Waals surface area contributed by atoms with E-state index >= 15 is 0 Å². The number of methoxy groups -OCH3 is 1. The highest BCUT2D eigenvalue weighted by Gasteiger charge is 2.53. The number of aliphatic hydroxyl groups is 1. The Labute approximate surface area is 162 Å². The number of nitrogens with zero attached hydrogens (tertiary/aromatic N) is 3. The minimum Gasteiger partial charge on any atom is -0.497 e. The molecule has 1 amide bonds. The Kier molecular flexibility index (Phi) is 5.01. The molecule has 2 aromatic rings. The lowest BCUT2D eigenvalue weighted by molar-refractivity contribution is -0.385. The molecule has 1 heterocycles. The standard InChI is InChI=1S/C18H14F3N3O5/c1-29-14-7-2-4-11(8-14)16(25)23-17(26,10-15(22-23)18(19,20)21)12-5-3-6-13(9-12)24(27)28/h2-9,26H,10H2,1H3/t17-/m1/s1. The minimum absolute atomic E-state index is 0.0830. The SMILES string of the molecule is COc1cccc(C(=O)N2N=C(C(F)(F)F)C[C@@]2(O)c2cccc([N+](=O)[O-])c2)c1. The van der Waals surface area contributed by atoms with E-state index in [1.807, 2.05) is 0 Å². The van der Waals surface area contributed by atoms with E-state index in [4.69, 9.17) is 4.74 Å². The molecule has 1 N–H and O–H groups in total. The van der Waals surface area contributed by atoms with Crippen LogP contribution in [0.4, 0.5) is 18.9 Å². The van der Waals surface area contributed by atoms with Crippen molar-refractivity contribution < 1.29 is 32.7 Å². The largest absolute Gasteiger partial charge is 0.497 e. The van der Waals surface area contributed by atoms with Crippen LogP contribution in [0.15, 0.2) is 53.6 Å². The number of hydrogen-bond acceptors (Lipinski definition) is 6. The quantitative estimate of drug-likeness (QED) is 0.617. The second-order valence-electron chi connectivity index (χ2n) is 6.19. The van der Waals surface area contributed by atoms with Gasteiger partial charge in [0.2, 0.25) is 0 Å². The van der Waals surface area contributed by atoms with E-state index in [0.717, 1.165) is 12.1 Å². The van der Waals surface area contributed by atoms with E-state index in [0.29, 0.717) is 5.01 Å². The van der Waals surface area contributed by atoms with Crippen molar-refractivity contribution in [1.82, 2.24) is 5.01 Å². The van der Waals surface area contributed by atoms with Crippen molar-refractivity contribution in [3.05, 3.63) is 69.8 Å². The summed E-state index contributed by atoms with van der Waals surface area (Å²) in [5, 5.41) is 25.7. The summed E-state index contributed by atoms with van der Waals surface area (Å²) in [7, 11) is 1.35. The molecule has 0 unspecified atom stereocenters. The smallest absolute Gasteiger partial charge is 0.431 e. The van der Waals surface area contributed by atoms with Crippen LogP contribution in [0.5, 0.6) is 5.75 Å². The first kappa shape index (κ1) is 20.3. The van der Waals surface area contributed by atoms with Gasteiger partial charge in [-0.3, -0.25) is 14.9 Å². The molecule has 8 nitrogen and oxygen atoms in total. The summed E-state index contributed by atoms with van der Waals surface area (Å²) in [6.45, 7) is 0. The fourth-order valence-electron chi connectivity index (χ4n) is 2.89. The molecule has 29 heavy (non-hydrogen) atoms. The molecular formula is C18H14F3N3O5. The number of carbonyl (C=O) groups is 1. The van der Waals surface area contributed by atoms with Crippen LogP contribution < -0.4 is 4.74 Å². The van der Waals surface area contributed by atoms with E-state index in [1.54, 1.807) is 0 Å². The maximum absolute atomic E-state index is 13.3. The molecule has 0 aliphatic carbocycles. The Morgan fingerprint density at radius 2 is 1.97 bits per heavy atom. The molecule has 0 radical (unpaired) electrons. The molecule has 1 aliphatic heterocycles. The zero-order chi connectivity index (χ0) is 21.4. The van der Waals surface area contributed by atoms with E-state index in [1.165, 1.54) is 43.5 Å². The predicted molar refractivity (Wildman–Crippen MR) is 94.3 cm³/mol. The molecule has 0 spiro atoms. The second-order valence-corrected chi connectivity index (χ2v) is 6.19. The number of ether oxygens (including phenoxy) is 1. The lowest BCUT2D eigenvalue weighted by atomic mass is 9.96. The van der Waals surface area contributed by atoms with Gasteiger partial charge in [0.1, 0.15) is 11.5 Å². The maximum Gasteiger partial charge on any atom is 0.431 e. The highest BCUT2D eigenvalue weighted by Crippen LogP contribution is 2.41. The van der Waals surface area contributed by atoms with Crippen LogP contribution in [0.1, 0.15) is 22.3 Å². The van der Waals surface area contributed by atoms with Crippen molar-refractivity contribution in [3.63, 3.8) is 0 Å². The van der Waals surface area contributed by atoms with Gasteiger partial charge >= 0.3 is 6.18 Å². The minimum atomic E-state index is -4.90. The first-order chi connectivity index (χ1) is 13.6. The Balaban J connectivity index is 2.11. The summed E-state index contributed by atoms with van der Waals surface area (Å²) < 4.78 is 44.8. The van der Waals surface area contributed by atoms with Crippen molar-refractivity contribution in [1.29, 1.82) is 0 Å². The van der Waals surface area contributed by atoms with Gasteiger partial charge in [-0.2, -0.15) is 23.3 Å². The number of benzene rings is 2. The Morgan fingerprint density at radius 3 is 2.59 bits per heavy atom. The van der Waals surface area contributed by atoms with E-state index < -0.39 is 40.6 Å². The van der Waals surface area contributed by atoms with Crippen LogP contribution in [0.25, 0.3) is 0 Å². The van der Waals surface area contributed by atoms with Crippen LogP contribution in [0, 0.1) is 10.1 Å². The monoisotopic (exact) mass is 409 g/mol. The fourth-order valence-corrected chi connectivity index (χ4v) is 2.89. The lowest BCUT2D eigenvalue weighted by Gasteiger charge is -2.31. The van der Waals surface area contributed by atoms with Crippen LogP contribution in [0.2, 0.25) is 0 Å². The first-order valence-electron chi connectivity index (χ1n) is 8.17. The lowest BCUT2D eigenvalue weighted by Crippen LogP contribution is -2.43. The van der Waals surface area contributed by atoms with E-state index in [-0.39, 0.29) is 16.9 Å². The second kappa shape index (κ2) is 7.17. The summed E-state index contributed by atoms with van der Waals surface area (Å²) in [4.78, 5) is 23.2. The summed E-state index contributed by atoms with van der Waals surface area (Å²) >= 11 is 0. The summed E-state index contributed by atoms with van der Waals surface area (Å²) in [6.07, 6.45) is -5.98. The summed E-state index contributed by atoms with van der Waals surface area (Å²) in [5.74, 6) is -0.758. The van der Waals surface area contributed by atoms with Crippen molar-refractivity contribution in [2.45, 2.75) is 18.3 Å². The van der Waals surface area contributed by atoms with Gasteiger partial charge in [0, 0.05) is 23.3 Å². The molecule has 2 aromatic carbocycles. The van der Waals surface area contributed by atoms with Gasteiger partial charge < -0.3 is 9.84 Å². The number of hydrazone groups is 1. The fraction of sp³-hybridized carbons (Fsp3) is 0.222. The van der Waals surface area contributed by atoms with Gasteiger partial charge in [0.15, 0.2) is 5.72 Å².